The van der Waals surface area contributed by atoms with E-state index in [0.717, 1.165) is 29.7 Å². The van der Waals surface area contributed by atoms with E-state index >= 15 is 0 Å². The average molecular weight is 410 g/mol. The van der Waals surface area contributed by atoms with Crippen molar-refractivity contribution in [3.8, 4) is 5.69 Å². The number of rotatable bonds is 8. The van der Waals surface area contributed by atoms with E-state index in [1.807, 2.05) is 44.2 Å². The van der Waals surface area contributed by atoms with Gasteiger partial charge < -0.3 is 5.32 Å². The van der Waals surface area contributed by atoms with Crippen LogP contribution in [0.25, 0.3) is 5.69 Å². The van der Waals surface area contributed by atoms with Crippen molar-refractivity contribution >= 4 is 17.7 Å². The molecule has 0 aliphatic heterocycles. The minimum Gasteiger partial charge on any atom is -0.348 e. The fourth-order valence-corrected chi connectivity index (χ4v) is 3.98. The van der Waals surface area contributed by atoms with E-state index in [9.17, 15) is 4.79 Å². The molecule has 6 nitrogen and oxygen atoms in total. The molecule has 0 radical (unpaired) electrons. The summed E-state index contributed by atoms with van der Waals surface area (Å²) in [5, 5.41) is 15.6. The fourth-order valence-electron chi connectivity index (χ4n) is 3.17. The van der Waals surface area contributed by atoms with Gasteiger partial charge in [-0.15, -0.1) is 5.10 Å². The second-order valence-electron chi connectivity index (χ2n) is 7.11. The molecule has 1 heterocycles. The Morgan fingerprint density at radius 2 is 1.90 bits per heavy atom. The molecule has 29 heavy (non-hydrogen) atoms. The smallest absolute Gasteiger partial charge is 0.233 e. The first-order valence-corrected chi connectivity index (χ1v) is 10.8. The first-order chi connectivity index (χ1) is 14.0. The quantitative estimate of drug-likeness (QED) is 0.558. The van der Waals surface area contributed by atoms with Gasteiger partial charge in [0.2, 0.25) is 11.1 Å². The zero-order valence-corrected chi connectivity index (χ0v) is 18.1. The molecular weight excluding hydrogens is 382 g/mol. The van der Waals surface area contributed by atoms with Crippen LogP contribution in [-0.2, 0) is 4.79 Å². The molecule has 1 N–H and O–H groups in total. The van der Waals surface area contributed by atoms with E-state index in [0.29, 0.717) is 5.16 Å². The standard InChI is InChI=1S/C22H27N5OS/c1-5-10-19(18-12-7-6-8-13-18)23-21(28)17(4)29-22-24-25-26-27(22)20-14-9-11-15(2)16(20)3/h6-9,11-14,17,19H,5,10H2,1-4H3,(H,23,28)/t17-,19+/m0/s1. The Bertz CT molecular complexity index is 957. The summed E-state index contributed by atoms with van der Waals surface area (Å²) in [4.78, 5) is 12.9. The Labute approximate surface area is 176 Å². The lowest BCUT2D eigenvalue weighted by atomic mass is 10.0. The molecule has 3 rings (SSSR count). The van der Waals surface area contributed by atoms with Gasteiger partial charge in [0.25, 0.3) is 0 Å². The first kappa shape index (κ1) is 21.0. The molecule has 2 aromatic carbocycles. The van der Waals surface area contributed by atoms with E-state index in [4.69, 9.17) is 0 Å². The molecule has 152 valence electrons. The second kappa shape index (κ2) is 9.69. The Morgan fingerprint density at radius 1 is 1.14 bits per heavy atom. The highest BCUT2D eigenvalue weighted by molar-refractivity contribution is 8.00. The summed E-state index contributed by atoms with van der Waals surface area (Å²) in [5.74, 6) is -0.0205. The lowest BCUT2D eigenvalue weighted by molar-refractivity contribution is -0.121. The molecule has 0 fully saturated rings. The molecule has 0 saturated carbocycles. The van der Waals surface area contributed by atoms with Crippen molar-refractivity contribution in [2.45, 2.75) is 57.0 Å². The van der Waals surface area contributed by atoms with Crippen molar-refractivity contribution < 1.29 is 4.79 Å². The molecule has 0 saturated heterocycles. The number of nitrogens with zero attached hydrogens (tertiary/aromatic N) is 4. The normalized spacial score (nSPS) is 13.1. The van der Waals surface area contributed by atoms with Gasteiger partial charge >= 0.3 is 0 Å². The summed E-state index contributed by atoms with van der Waals surface area (Å²) in [6.45, 7) is 8.12. The number of nitrogens with one attached hydrogen (secondary N) is 1. The van der Waals surface area contributed by atoms with Crippen molar-refractivity contribution in [3.63, 3.8) is 0 Å². The predicted molar refractivity (Wildman–Crippen MR) is 116 cm³/mol. The monoisotopic (exact) mass is 409 g/mol. The van der Waals surface area contributed by atoms with Gasteiger partial charge in [0, 0.05) is 0 Å². The van der Waals surface area contributed by atoms with Gasteiger partial charge in [-0.3, -0.25) is 4.79 Å². The molecule has 1 aromatic heterocycles. The molecule has 0 unspecified atom stereocenters. The zero-order valence-electron chi connectivity index (χ0n) is 17.3. The summed E-state index contributed by atoms with van der Waals surface area (Å²) in [6, 6.07) is 16.1. The van der Waals surface area contributed by atoms with E-state index in [-0.39, 0.29) is 17.2 Å². The fraction of sp³-hybridized carbons (Fsp3) is 0.364. The van der Waals surface area contributed by atoms with E-state index in [1.54, 1.807) is 4.68 Å². The SMILES string of the molecule is CCC[C@@H](NC(=O)[C@H](C)Sc1nnnn1-c1cccc(C)c1C)c1ccccc1. The van der Waals surface area contributed by atoms with Crippen molar-refractivity contribution in [2.75, 3.05) is 0 Å². The highest BCUT2D eigenvalue weighted by atomic mass is 32.2. The summed E-state index contributed by atoms with van der Waals surface area (Å²) < 4.78 is 1.71. The number of amides is 1. The van der Waals surface area contributed by atoms with Crippen LogP contribution in [-0.4, -0.2) is 31.4 Å². The lowest BCUT2D eigenvalue weighted by Crippen LogP contribution is -2.34. The van der Waals surface area contributed by atoms with Crippen LogP contribution in [0.4, 0.5) is 0 Å². The summed E-state index contributed by atoms with van der Waals surface area (Å²) in [7, 11) is 0. The van der Waals surface area contributed by atoms with Crippen molar-refractivity contribution in [1.29, 1.82) is 0 Å². The molecule has 0 aliphatic rings. The molecule has 3 aromatic rings. The Hall–Kier alpha value is -2.67. The third-order valence-corrected chi connectivity index (χ3v) is 6.03. The molecular formula is C22H27N5OS. The van der Waals surface area contributed by atoms with Crippen LogP contribution in [0.3, 0.4) is 0 Å². The maximum absolute atomic E-state index is 12.9. The number of hydrogen-bond donors (Lipinski definition) is 1. The number of tetrazole rings is 1. The van der Waals surface area contributed by atoms with Crippen LogP contribution in [0.2, 0.25) is 0 Å². The van der Waals surface area contributed by atoms with Crippen LogP contribution in [0.15, 0.2) is 53.7 Å². The number of benzene rings is 2. The Morgan fingerprint density at radius 3 is 2.62 bits per heavy atom. The van der Waals surface area contributed by atoms with Gasteiger partial charge in [-0.25, -0.2) is 0 Å². The molecule has 2 atom stereocenters. The molecule has 0 bridgehead atoms. The van der Waals surface area contributed by atoms with Crippen molar-refractivity contribution in [3.05, 3.63) is 65.2 Å². The zero-order chi connectivity index (χ0) is 20.8. The molecule has 7 heteroatoms. The van der Waals surface area contributed by atoms with Gasteiger partial charge in [-0.05, 0) is 60.4 Å². The topological polar surface area (TPSA) is 72.7 Å². The van der Waals surface area contributed by atoms with Gasteiger partial charge in [0.05, 0.1) is 17.0 Å². The third kappa shape index (κ3) is 5.03. The highest BCUT2D eigenvalue weighted by Crippen LogP contribution is 2.26. The Balaban J connectivity index is 1.74. The Kier molecular flexibility index (Phi) is 7.04. The van der Waals surface area contributed by atoms with Gasteiger partial charge in [0.1, 0.15) is 0 Å². The molecule has 0 spiro atoms. The van der Waals surface area contributed by atoms with Gasteiger partial charge in [0.15, 0.2) is 0 Å². The van der Waals surface area contributed by atoms with E-state index < -0.39 is 0 Å². The van der Waals surface area contributed by atoms with Crippen LogP contribution >= 0.6 is 11.8 Å². The van der Waals surface area contributed by atoms with E-state index in [1.165, 1.54) is 17.3 Å². The lowest BCUT2D eigenvalue weighted by Gasteiger charge is -2.21. The maximum atomic E-state index is 12.9. The first-order valence-electron chi connectivity index (χ1n) is 9.88. The summed E-state index contributed by atoms with van der Waals surface area (Å²) in [6.07, 6.45) is 1.89. The summed E-state index contributed by atoms with van der Waals surface area (Å²) >= 11 is 1.36. The average Bonchev–Trinajstić information content (AvgIpc) is 3.18. The van der Waals surface area contributed by atoms with Crippen LogP contribution in [0, 0.1) is 13.8 Å². The summed E-state index contributed by atoms with van der Waals surface area (Å²) in [5.41, 5.74) is 4.34. The van der Waals surface area contributed by atoms with Gasteiger partial charge in [-0.1, -0.05) is 67.6 Å². The minimum absolute atomic E-state index is 0.00626. The number of thioether (sulfide) groups is 1. The van der Waals surface area contributed by atoms with Gasteiger partial charge in [-0.2, -0.15) is 4.68 Å². The van der Waals surface area contributed by atoms with Crippen molar-refractivity contribution in [1.82, 2.24) is 25.5 Å². The number of aromatic nitrogens is 4. The number of carbonyl (C=O) groups is 1. The maximum Gasteiger partial charge on any atom is 0.233 e. The highest BCUT2D eigenvalue weighted by Gasteiger charge is 2.22. The predicted octanol–water partition coefficient (Wildman–Crippen LogP) is 4.42. The largest absolute Gasteiger partial charge is 0.348 e. The van der Waals surface area contributed by atoms with Crippen LogP contribution < -0.4 is 5.32 Å². The van der Waals surface area contributed by atoms with Crippen molar-refractivity contribution in [2.24, 2.45) is 0 Å². The second-order valence-corrected chi connectivity index (χ2v) is 8.42. The van der Waals surface area contributed by atoms with E-state index in [2.05, 4.69) is 52.9 Å². The van der Waals surface area contributed by atoms with Crippen LogP contribution in [0.1, 0.15) is 49.4 Å². The molecule has 1 amide bonds. The molecule has 0 aliphatic carbocycles. The number of aryl methyl sites for hydroxylation is 1. The minimum atomic E-state index is -0.326. The third-order valence-electron chi connectivity index (χ3n) is 4.99. The number of hydrogen-bond acceptors (Lipinski definition) is 5. The van der Waals surface area contributed by atoms with Crippen LogP contribution in [0.5, 0.6) is 0 Å². The number of carbonyl (C=O) groups excluding carboxylic acids is 1.